The van der Waals surface area contributed by atoms with Crippen LogP contribution in [0.25, 0.3) is 11.1 Å². The van der Waals surface area contributed by atoms with Gasteiger partial charge < -0.3 is 9.73 Å². The number of nitrogens with one attached hydrogen (secondary N) is 1. The zero-order valence-electron chi connectivity index (χ0n) is 14.2. The first-order chi connectivity index (χ1) is 12.2. The number of carbonyl (C=O) groups is 1. The summed E-state index contributed by atoms with van der Waals surface area (Å²) in [7, 11) is 0. The Morgan fingerprint density at radius 1 is 1.04 bits per heavy atom. The van der Waals surface area contributed by atoms with Crippen LogP contribution in [0.3, 0.4) is 0 Å². The van der Waals surface area contributed by atoms with E-state index in [2.05, 4.69) is 36.5 Å². The molecule has 0 aliphatic heterocycles. The lowest BCUT2D eigenvalue weighted by molar-refractivity contribution is 0.0929. The molecule has 0 fully saturated rings. The average Bonchev–Trinajstić information content (AvgIpc) is 3.13. The molecular weight excluding hydrogens is 330 g/mol. The maximum atomic E-state index is 12.4. The van der Waals surface area contributed by atoms with E-state index in [1.807, 2.05) is 36.4 Å². The molecule has 3 nitrogen and oxygen atoms in total. The van der Waals surface area contributed by atoms with E-state index in [0.717, 1.165) is 22.6 Å². The van der Waals surface area contributed by atoms with Crippen molar-refractivity contribution in [2.24, 2.45) is 0 Å². The van der Waals surface area contributed by atoms with E-state index in [4.69, 9.17) is 4.42 Å². The number of thioether (sulfide) groups is 1. The Morgan fingerprint density at radius 3 is 2.56 bits per heavy atom. The summed E-state index contributed by atoms with van der Waals surface area (Å²) in [6, 6.07) is 20.2. The molecule has 0 aliphatic carbocycles. The van der Waals surface area contributed by atoms with Crippen LogP contribution in [-0.4, -0.2) is 18.2 Å². The lowest BCUT2D eigenvalue weighted by atomic mass is 10.1. The molecule has 3 rings (SSSR count). The van der Waals surface area contributed by atoms with Crippen molar-refractivity contribution < 1.29 is 9.21 Å². The van der Waals surface area contributed by atoms with Gasteiger partial charge in [-0.3, -0.25) is 4.79 Å². The molecule has 1 heterocycles. The summed E-state index contributed by atoms with van der Waals surface area (Å²) in [6.45, 7) is 2.70. The van der Waals surface area contributed by atoms with Gasteiger partial charge in [0.15, 0.2) is 5.76 Å². The van der Waals surface area contributed by atoms with Gasteiger partial charge in [-0.2, -0.15) is 11.8 Å². The molecule has 0 bridgehead atoms. The Labute approximate surface area is 152 Å². The maximum absolute atomic E-state index is 12.4. The van der Waals surface area contributed by atoms with Gasteiger partial charge >= 0.3 is 0 Å². The monoisotopic (exact) mass is 351 g/mol. The van der Waals surface area contributed by atoms with Crippen LogP contribution in [0.1, 0.15) is 21.7 Å². The third-order valence-electron chi connectivity index (χ3n) is 3.88. The molecule has 0 aliphatic rings. The molecule has 0 saturated carbocycles. The van der Waals surface area contributed by atoms with Crippen molar-refractivity contribution in [2.75, 3.05) is 12.3 Å². The van der Waals surface area contributed by atoms with Crippen molar-refractivity contribution in [1.29, 1.82) is 0 Å². The summed E-state index contributed by atoms with van der Waals surface area (Å²) >= 11 is 1.81. The molecule has 128 valence electrons. The number of carbonyl (C=O) groups excluding carboxylic acids is 1. The van der Waals surface area contributed by atoms with E-state index < -0.39 is 0 Å². The Balaban J connectivity index is 1.47. The van der Waals surface area contributed by atoms with Crippen LogP contribution < -0.4 is 5.32 Å². The average molecular weight is 351 g/mol. The Bertz CT molecular complexity index is 809. The summed E-state index contributed by atoms with van der Waals surface area (Å²) < 4.78 is 5.40. The fourth-order valence-electron chi connectivity index (χ4n) is 2.52. The van der Waals surface area contributed by atoms with Gasteiger partial charge in [0.1, 0.15) is 0 Å². The number of rotatable bonds is 7. The second kappa shape index (κ2) is 8.58. The van der Waals surface area contributed by atoms with E-state index in [0.29, 0.717) is 12.3 Å². The summed E-state index contributed by atoms with van der Waals surface area (Å²) in [5, 5.41) is 2.94. The minimum Gasteiger partial charge on any atom is -0.459 e. The van der Waals surface area contributed by atoms with Crippen LogP contribution in [0.15, 0.2) is 71.3 Å². The Morgan fingerprint density at radius 2 is 1.80 bits per heavy atom. The molecule has 0 saturated heterocycles. The van der Waals surface area contributed by atoms with Gasteiger partial charge in [0, 0.05) is 23.6 Å². The molecule has 0 unspecified atom stereocenters. The smallest absolute Gasteiger partial charge is 0.287 e. The van der Waals surface area contributed by atoms with Gasteiger partial charge in [0.05, 0.1) is 6.26 Å². The highest BCUT2D eigenvalue weighted by Crippen LogP contribution is 2.24. The van der Waals surface area contributed by atoms with E-state index in [1.165, 1.54) is 11.1 Å². The first-order valence-corrected chi connectivity index (χ1v) is 9.44. The van der Waals surface area contributed by atoms with Gasteiger partial charge in [0.2, 0.25) is 0 Å². The van der Waals surface area contributed by atoms with Gasteiger partial charge in [-0.15, -0.1) is 0 Å². The van der Waals surface area contributed by atoms with Crippen LogP contribution in [0, 0.1) is 6.92 Å². The summed E-state index contributed by atoms with van der Waals surface area (Å²) in [5.41, 5.74) is 4.38. The largest absolute Gasteiger partial charge is 0.459 e. The van der Waals surface area contributed by atoms with Crippen LogP contribution in [-0.2, 0) is 5.75 Å². The zero-order valence-corrected chi connectivity index (χ0v) is 15.0. The van der Waals surface area contributed by atoms with Gasteiger partial charge in [-0.25, -0.2) is 0 Å². The molecule has 4 heteroatoms. The highest BCUT2D eigenvalue weighted by molar-refractivity contribution is 7.98. The molecule has 1 amide bonds. The molecule has 1 aromatic heterocycles. The van der Waals surface area contributed by atoms with Crippen molar-refractivity contribution in [3.63, 3.8) is 0 Å². The van der Waals surface area contributed by atoms with Gasteiger partial charge in [-0.1, -0.05) is 60.2 Å². The second-order valence-electron chi connectivity index (χ2n) is 5.82. The summed E-state index contributed by atoms with van der Waals surface area (Å²) in [5.74, 6) is 2.02. The minimum absolute atomic E-state index is 0.167. The first-order valence-electron chi connectivity index (χ1n) is 8.28. The Hall–Kier alpha value is -2.46. The van der Waals surface area contributed by atoms with Gasteiger partial charge in [-0.05, 0) is 24.1 Å². The lowest BCUT2D eigenvalue weighted by Crippen LogP contribution is -2.25. The molecule has 0 radical (unpaired) electrons. The summed E-state index contributed by atoms with van der Waals surface area (Å²) in [6.07, 6.45) is 1.56. The van der Waals surface area contributed by atoms with Crippen LogP contribution >= 0.6 is 11.8 Å². The fraction of sp³-hybridized carbons (Fsp3) is 0.190. The normalized spacial score (nSPS) is 10.6. The molecule has 0 spiro atoms. The third kappa shape index (κ3) is 4.77. The molecule has 25 heavy (non-hydrogen) atoms. The highest BCUT2D eigenvalue weighted by Gasteiger charge is 2.15. The topological polar surface area (TPSA) is 42.2 Å². The summed E-state index contributed by atoms with van der Waals surface area (Å²) in [4.78, 5) is 12.4. The number of amides is 1. The first kappa shape index (κ1) is 17.4. The molecular formula is C21H21NO2S. The van der Waals surface area contributed by atoms with Crippen molar-refractivity contribution >= 4 is 17.7 Å². The zero-order chi connectivity index (χ0) is 17.5. The number of hydrogen-bond donors (Lipinski definition) is 1. The molecule has 2 aromatic carbocycles. The van der Waals surface area contributed by atoms with E-state index >= 15 is 0 Å². The van der Waals surface area contributed by atoms with E-state index in [9.17, 15) is 4.79 Å². The number of aryl methyl sites for hydroxylation is 1. The third-order valence-corrected chi connectivity index (χ3v) is 4.91. The van der Waals surface area contributed by atoms with Crippen molar-refractivity contribution in [2.45, 2.75) is 12.7 Å². The predicted octanol–water partition coefficient (Wildman–Crippen LogP) is 4.92. The number of hydrogen-bond acceptors (Lipinski definition) is 3. The SMILES string of the molecule is Cc1ccc(CSCCNC(=O)c2occc2-c2ccccc2)cc1. The van der Waals surface area contributed by atoms with Gasteiger partial charge in [0.25, 0.3) is 5.91 Å². The van der Waals surface area contributed by atoms with Crippen molar-refractivity contribution in [1.82, 2.24) is 5.32 Å². The molecule has 1 N–H and O–H groups in total. The van der Waals surface area contributed by atoms with Crippen LogP contribution in [0.2, 0.25) is 0 Å². The van der Waals surface area contributed by atoms with Crippen molar-refractivity contribution in [3.8, 4) is 11.1 Å². The van der Waals surface area contributed by atoms with Crippen molar-refractivity contribution in [3.05, 3.63) is 83.8 Å². The molecule has 0 atom stereocenters. The van der Waals surface area contributed by atoms with E-state index in [-0.39, 0.29) is 5.91 Å². The quantitative estimate of drug-likeness (QED) is 0.615. The van der Waals surface area contributed by atoms with Crippen LogP contribution in [0.4, 0.5) is 0 Å². The predicted molar refractivity (Wildman–Crippen MR) is 104 cm³/mol. The fourth-order valence-corrected chi connectivity index (χ4v) is 3.34. The van der Waals surface area contributed by atoms with Crippen LogP contribution in [0.5, 0.6) is 0 Å². The second-order valence-corrected chi connectivity index (χ2v) is 6.93. The minimum atomic E-state index is -0.167. The Kier molecular flexibility index (Phi) is 5.96. The standard InChI is InChI=1S/C21H21NO2S/c1-16-7-9-17(10-8-16)15-25-14-12-22-21(23)20-19(11-13-24-20)18-5-3-2-4-6-18/h2-11,13H,12,14-15H2,1H3,(H,22,23). The maximum Gasteiger partial charge on any atom is 0.287 e. The number of benzene rings is 2. The lowest BCUT2D eigenvalue weighted by Gasteiger charge is -2.06. The van der Waals surface area contributed by atoms with E-state index in [1.54, 1.807) is 18.0 Å². The highest BCUT2D eigenvalue weighted by atomic mass is 32.2. The molecule has 3 aromatic rings. The number of furan rings is 1.